The molecule has 0 spiro atoms. The van der Waals surface area contributed by atoms with Gasteiger partial charge in [0.2, 0.25) is 0 Å². The lowest BCUT2D eigenvalue weighted by molar-refractivity contribution is 0.669. The van der Waals surface area contributed by atoms with Gasteiger partial charge in [0.15, 0.2) is 5.58 Å². The van der Waals surface area contributed by atoms with Gasteiger partial charge in [-0.1, -0.05) is 46.4 Å². The average molecular weight is 306 g/mol. The van der Waals surface area contributed by atoms with Crippen molar-refractivity contribution in [2.24, 2.45) is 0 Å². The Balaban J connectivity index is 2.60. The first-order valence-corrected chi connectivity index (χ1v) is 6.24. The van der Waals surface area contributed by atoms with Crippen molar-refractivity contribution >= 4 is 68.3 Å². The molecule has 0 amide bonds. The molecule has 0 aliphatic rings. The van der Waals surface area contributed by atoms with Crippen molar-refractivity contribution in [1.29, 1.82) is 0 Å². The summed E-state index contributed by atoms with van der Waals surface area (Å²) >= 11 is 24.1. The molecule has 0 saturated heterocycles. The van der Waals surface area contributed by atoms with Gasteiger partial charge in [-0.15, -0.1) is 0 Å². The molecule has 0 fully saturated rings. The van der Waals surface area contributed by atoms with E-state index in [1.807, 2.05) is 0 Å². The molecule has 0 aliphatic carbocycles. The first kappa shape index (κ1) is 11.5. The molecule has 1 nitrogen and oxygen atoms in total. The van der Waals surface area contributed by atoms with Crippen LogP contribution in [0.1, 0.15) is 0 Å². The SMILES string of the molecule is Clc1cc2oc3c(Cl)ccc(Cl)c3c2cc1Cl. The second kappa shape index (κ2) is 3.96. The second-order valence-electron chi connectivity index (χ2n) is 3.60. The summed E-state index contributed by atoms with van der Waals surface area (Å²) in [6, 6.07) is 6.81. The van der Waals surface area contributed by atoms with E-state index in [1.54, 1.807) is 24.3 Å². The molecule has 3 rings (SSSR count). The van der Waals surface area contributed by atoms with E-state index in [9.17, 15) is 0 Å². The molecule has 0 N–H and O–H groups in total. The lowest BCUT2D eigenvalue weighted by Gasteiger charge is -1.96. The van der Waals surface area contributed by atoms with Gasteiger partial charge in [-0.25, -0.2) is 0 Å². The molecule has 17 heavy (non-hydrogen) atoms. The van der Waals surface area contributed by atoms with Crippen molar-refractivity contribution in [3.05, 3.63) is 44.4 Å². The Hall–Kier alpha value is -0.600. The fraction of sp³-hybridized carbons (Fsp3) is 0. The summed E-state index contributed by atoms with van der Waals surface area (Å²) in [5.41, 5.74) is 1.16. The van der Waals surface area contributed by atoms with E-state index < -0.39 is 0 Å². The third-order valence-corrected chi connectivity index (χ3v) is 3.90. The topological polar surface area (TPSA) is 13.1 Å². The Bertz CT molecular complexity index is 745. The third-order valence-electron chi connectivity index (χ3n) is 2.56. The van der Waals surface area contributed by atoms with Gasteiger partial charge in [-0.05, 0) is 18.2 Å². The van der Waals surface area contributed by atoms with Crippen LogP contribution in [-0.4, -0.2) is 0 Å². The Kier molecular flexibility index (Phi) is 2.68. The molecule has 86 valence electrons. The first-order valence-electron chi connectivity index (χ1n) is 4.73. The number of benzene rings is 2. The van der Waals surface area contributed by atoms with E-state index >= 15 is 0 Å². The summed E-state index contributed by atoms with van der Waals surface area (Å²) in [7, 11) is 0. The van der Waals surface area contributed by atoms with Crippen molar-refractivity contribution in [2.45, 2.75) is 0 Å². The molecule has 0 radical (unpaired) electrons. The highest BCUT2D eigenvalue weighted by Gasteiger charge is 2.14. The highest BCUT2D eigenvalue weighted by molar-refractivity contribution is 6.45. The van der Waals surface area contributed by atoms with Crippen LogP contribution in [0.15, 0.2) is 28.7 Å². The highest BCUT2D eigenvalue weighted by Crippen LogP contribution is 2.40. The summed E-state index contributed by atoms with van der Waals surface area (Å²) in [6.45, 7) is 0. The van der Waals surface area contributed by atoms with Crippen LogP contribution < -0.4 is 0 Å². The van der Waals surface area contributed by atoms with Crippen LogP contribution >= 0.6 is 46.4 Å². The van der Waals surface area contributed by atoms with Gasteiger partial charge in [-0.2, -0.15) is 0 Å². The van der Waals surface area contributed by atoms with Gasteiger partial charge < -0.3 is 4.42 Å². The fourth-order valence-electron chi connectivity index (χ4n) is 1.80. The third kappa shape index (κ3) is 1.69. The van der Waals surface area contributed by atoms with Crippen molar-refractivity contribution in [3.63, 3.8) is 0 Å². The minimum atomic E-state index is 0.436. The van der Waals surface area contributed by atoms with Crippen molar-refractivity contribution in [2.75, 3.05) is 0 Å². The summed E-state index contributed by atoms with van der Waals surface area (Å²) in [5.74, 6) is 0. The Labute approximate surface area is 117 Å². The van der Waals surface area contributed by atoms with Gasteiger partial charge >= 0.3 is 0 Å². The van der Waals surface area contributed by atoms with E-state index in [4.69, 9.17) is 50.8 Å². The predicted octanol–water partition coefficient (Wildman–Crippen LogP) is 6.20. The van der Waals surface area contributed by atoms with Crippen LogP contribution in [0.3, 0.4) is 0 Å². The number of fused-ring (bicyclic) bond motifs is 3. The quantitative estimate of drug-likeness (QED) is 0.482. The Morgan fingerprint density at radius 1 is 0.765 bits per heavy atom. The van der Waals surface area contributed by atoms with E-state index in [1.165, 1.54) is 0 Å². The maximum Gasteiger partial charge on any atom is 0.155 e. The lowest BCUT2D eigenvalue weighted by Crippen LogP contribution is -1.72. The number of hydrogen-bond donors (Lipinski definition) is 0. The maximum atomic E-state index is 6.15. The van der Waals surface area contributed by atoms with E-state index in [0.29, 0.717) is 31.3 Å². The number of hydrogen-bond acceptors (Lipinski definition) is 1. The Morgan fingerprint density at radius 3 is 2.18 bits per heavy atom. The zero-order valence-electron chi connectivity index (χ0n) is 8.23. The van der Waals surface area contributed by atoms with Crippen molar-refractivity contribution in [1.82, 2.24) is 0 Å². The molecule has 0 aliphatic heterocycles. The van der Waals surface area contributed by atoms with Crippen LogP contribution in [0, 0.1) is 0 Å². The van der Waals surface area contributed by atoms with Crippen LogP contribution in [0.4, 0.5) is 0 Å². The van der Waals surface area contributed by atoms with Gasteiger partial charge in [0.1, 0.15) is 5.58 Å². The smallest absolute Gasteiger partial charge is 0.155 e. The molecule has 5 heteroatoms. The minimum Gasteiger partial charge on any atom is -0.454 e. The largest absolute Gasteiger partial charge is 0.454 e. The standard InChI is InChI=1S/C12H4Cl4O/c13-6-1-2-7(14)12-11(6)5-3-8(15)9(16)4-10(5)17-12/h1-4H. The predicted molar refractivity (Wildman–Crippen MR) is 73.8 cm³/mol. The highest BCUT2D eigenvalue weighted by atomic mass is 35.5. The number of rotatable bonds is 0. The monoisotopic (exact) mass is 304 g/mol. The van der Waals surface area contributed by atoms with Crippen LogP contribution in [0.5, 0.6) is 0 Å². The molecular formula is C12H4Cl4O. The lowest BCUT2D eigenvalue weighted by atomic mass is 10.1. The minimum absolute atomic E-state index is 0.436. The fourth-order valence-corrected chi connectivity index (χ4v) is 2.57. The summed E-state index contributed by atoms with van der Waals surface area (Å²) in [5, 5.41) is 3.53. The molecule has 3 aromatic rings. The van der Waals surface area contributed by atoms with E-state index in [-0.39, 0.29) is 0 Å². The van der Waals surface area contributed by atoms with Gasteiger partial charge in [0.25, 0.3) is 0 Å². The molecule has 0 unspecified atom stereocenters. The van der Waals surface area contributed by atoms with Gasteiger partial charge in [0, 0.05) is 16.8 Å². The Morgan fingerprint density at radius 2 is 1.41 bits per heavy atom. The summed E-state index contributed by atoms with van der Waals surface area (Å²) in [4.78, 5) is 0. The van der Waals surface area contributed by atoms with E-state index in [0.717, 1.165) is 10.8 Å². The summed E-state index contributed by atoms with van der Waals surface area (Å²) < 4.78 is 5.64. The maximum absolute atomic E-state index is 6.15. The normalized spacial score (nSPS) is 11.5. The molecule has 0 saturated carbocycles. The van der Waals surface area contributed by atoms with Crippen LogP contribution in [-0.2, 0) is 0 Å². The number of halogens is 4. The summed E-state index contributed by atoms with van der Waals surface area (Å²) in [6.07, 6.45) is 0. The van der Waals surface area contributed by atoms with Crippen molar-refractivity contribution < 1.29 is 4.42 Å². The zero-order chi connectivity index (χ0) is 12.2. The van der Waals surface area contributed by atoms with Crippen molar-refractivity contribution in [3.8, 4) is 0 Å². The average Bonchev–Trinajstić information content (AvgIpc) is 2.64. The number of furan rings is 1. The molecule has 1 aromatic heterocycles. The van der Waals surface area contributed by atoms with Crippen LogP contribution in [0.25, 0.3) is 21.9 Å². The van der Waals surface area contributed by atoms with Gasteiger partial charge in [-0.3, -0.25) is 0 Å². The van der Waals surface area contributed by atoms with Gasteiger partial charge in [0.05, 0.1) is 20.1 Å². The molecular weight excluding hydrogens is 302 g/mol. The molecule has 1 heterocycles. The molecule has 0 bridgehead atoms. The zero-order valence-corrected chi connectivity index (χ0v) is 11.3. The first-order chi connectivity index (χ1) is 8.08. The molecule has 2 aromatic carbocycles. The second-order valence-corrected chi connectivity index (χ2v) is 5.23. The van der Waals surface area contributed by atoms with Crippen LogP contribution in [0.2, 0.25) is 20.1 Å². The molecule has 0 atom stereocenters. The van der Waals surface area contributed by atoms with E-state index in [2.05, 4.69) is 0 Å².